The maximum Gasteiger partial charge on any atom is 0.271 e. The van der Waals surface area contributed by atoms with Crippen LogP contribution in [0.1, 0.15) is 68.3 Å². The fourth-order valence-corrected chi connectivity index (χ4v) is 6.75. The third-order valence-corrected chi connectivity index (χ3v) is 8.80. The molecule has 5 rings (SSSR count). The first-order valence-corrected chi connectivity index (χ1v) is 13.9. The first-order valence-electron chi connectivity index (χ1n) is 13.5. The Kier molecular flexibility index (Phi) is 7.53. The minimum absolute atomic E-state index is 0.0707. The number of aromatic amines is 1. The molecule has 2 aromatic rings. The topological polar surface area (TPSA) is 127 Å². The van der Waals surface area contributed by atoms with Crippen molar-refractivity contribution in [3.8, 4) is 11.8 Å². The van der Waals surface area contributed by atoms with E-state index in [9.17, 15) is 19.6 Å². The third-order valence-electron chi connectivity index (χ3n) is 8.50. The van der Waals surface area contributed by atoms with Crippen LogP contribution >= 0.6 is 11.6 Å². The number of amides is 3. The Morgan fingerprint density at radius 3 is 2.76 bits per heavy atom. The van der Waals surface area contributed by atoms with Gasteiger partial charge in [0.05, 0.1) is 23.7 Å². The Bertz CT molecular complexity index is 1280. The van der Waals surface area contributed by atoms with Gasteiger partial charge in [-0.2, -0.15) is 5.26 Å². The number of hydrogen-bond donors (Lipinski definition) is 3. The summed E-state index contributed by atoms with van der Waals surface area (Å²) in [6.45, 7) is 1.14. The average Bonchev–Trinajstić information content (AvgIpc) is 3.52. The molecular formula is C28H34ClN5O4. The highest BCUT2D eigenvalue weighted by atomic mass is 35.5. The molecule has 1 spiro atoms. The van der Waals surface area contributed by atoms with Gasteiger partial charge in [0, 0.05) is 30.5 Å². The zero-order valence-corrected chi connectivity index (χ0v) is 22.4. The number of aromatic nitrogens is 1. The largest absolute Gasteiger partial charge is 0.497 e. The van der Waals surface area contributed by atoms with E-state index in [0.29, 0.717) is 47.9 Å². The number of H-pyrrole nitrogens is 1. The quantitative estimate of drug-likeness (QED) is 0.512. The lowest BCUT2D eigenvalue weighted by Gasteiger charge is -2.32. The van der Waals surface area contributed by atoms with Gasteiger partial charge >= 0.3 is 0 Å². The highest BCUT2D eigenvalue weighted by Crippen LogP contribution is 2.47. The first-order chi connectivity index (χ1) is 18.3. The summed E-state index contributed by atoms with van der Waals surface area (Å²) in [5.41, 5.74) is 0.893. The number of halogens is 1. The van der Waals surface area contributed by atoms with Crippen LogP contribution in [-0.2, 0) is 9.59 Å². The molecule has 38 heavy (non-hydrogen) atoms. The Morgan fingerprint density at radius 2 is 2.05 bits per heavy atom. The average molecular weight is 540 g/mol. The zero-order valence-electron chi connectivity index (χ0n) is 21.6. The maximum absolute atomic E-state index is 13.9. The molecule has 1 aromatic heterocycles. The zero-order chi connectivity index (χ0) is 26.9. The van der Waals surface area contributed by atoms with Gasteiger partial charge in [-0.3, -0.25) is 14.4 Å². The fraction of sp³-hybridized carbons (Fsp3) is 0.571. The van der Waals surface area contributed by atoms with E-state index in [1.54, 1.807) is 24.1 Å². The van der Waals surface area contributed by atoms with Crippen molar-refractivity contribution in [1.29, 1.82) is 5.26 Å². The van der Waals surface area contributed by atoms with Gasteiger partial charge in [0.25, 0.3) is 5.91 Å². The van der Waals surface area contributed by atoms with Gasteiger partial charge in [0.1, 0.15) is 23.5 Å². The van der Waals surface area contributed by atoms with Crippen LogP contribution in [-0.4, -0.2) is 59.9 Å². The van der Waals surface area contributed by atoms with Gasteiger partial charge in [-0.05, 0) is 56.1 Å². The molecule has 3 amide bonds. The molecule has 3 N–H and O–H groups in total. The Balaban J connectivity index is 1.38. The second-order valence-electron chi connectivity index (χ2n) is 11.0. The van der Waals surface area contributed by atoms with Crippen LogP contribution < -0.4 is 15.4 Å². The normalized spacial score (nSPS) is 23.6. The maximum atomic E-state index is 13.9. The van der Waals surface area contributed by atoms with Crippen molar-refractivity contribution in [3.05, 3.63) is 28.9 Å². The Hall–Kier alpha value is -3.25. The second-order valence-corrected chi connectivity index (χ2v) is 11.4. The molecule has 3 atom stereocenters. The van der Waals surface area contributed by atoms with E-state index in [1.807, 2.05) is 6.07 Å². The number of benzene rings is 1. The lowest BCUT2D eigenvalue weighted by atomic mass is 9.72. The number of carbonyl (C=O) groups is 3. The molecule has 202 valence electrons. The molecule has 0 radical (unpaired) electrons. The SMILES string of the molecule is COc1cc(Cl)c2[nH]c(C(=O)N3CC4(CCCCC4)C[C@@H]3C(=O)N[C@H](C#N)C[C@@H]3CCCNC3=O)cc2c1. The van der Waals surface area contributed by atoms with Gasteiger partial charge in [0.2, 0.25) is 11.8 Å². The molecule has 2 aliphatic heterocycles. The van der Waals surface area contributed by atoms with Crippen LogP contribution in [0.15, 0.2) is 18.2 Å². The van der Waals surface area contributed by atoms with E-state index in [2.05, 4.69) is 21.7 Å². The predicted molar refractivity (Wildman–Crippen MR) is 143 cm³/mol. The van der Waals surface area contributed by atoms with Crippen molar-refractivity contribution in [2.24, 2.45) is 11.3 Å². The van der Waals surface area contributed by atoms with Crippen LogP contribution in [0, 0.1) is 22.7 Å². The molecule has 3 heterocycles. The summed E-state index contributed by atoms with van der Waals surface area (Å²) in [5, 5.41) is 16.7. The molecule has 1 saturated carbocycles. The summed E-state index contributed by atoms with van der Waals surface area (Å²) in [6.07, 6.45) is 7.66. The predicted octanol–water partition coefficient (Wildman–Crippen LogP) is 3.92. The Labute approximate surface area is 227 Å². The molecule has 3 aliphatic rings. The summed E-state index contributed by atoms with van der Waals surface area (Å²) < 4.78 is 5.31. The molecule has 10 heteroatoms. The number of hydrogen-bond acceptors (Lipinski definition) is 5. The van der Waals surface area contributed by atoms with E-state index in [1.165, 1.54) is 0 Å². The number of likely N-dealkylation sites (tertiary alicyclic amines) is 1. The second kappa shape index (κ2) is 10.9. The van der Waals surface area contributed by atoms with Crippen molar-refractivity contribution in [1.82, 2.24) is 20.5 Å². The highest BCUT2D eigenvalue weighted by molar-refractivity contribution is 6.35. The number of rotatable bonds is 6. The number of nitrogens with one attached hydrogen (secondary N) is 3. The monoisotopic (exact) mass is 539 g/mol. The van der Waals surface area contributed by atoms with E-state index in [-0.39, 0.29) is 35.5 Å². The van der Waals surface area contributed by atoms with E-state index >= 15 is 0 Å². The standard InChI is InChI=1S/C28H34ClN5O4/c1-38-20-11-18-12-22(33-24(18)21(29)13-20)27(37)34-16-28(7-3-2-4-8-28)14-23(34)26(36)32-19(15-30)10-17-6-5-9-31-25(17)35/h11-13,17,19,23,33H,2-10,14,16H2,1H3,(H,31,35)(H,32,36)/t17-,19-,23+/m0/s1. The van der Waals surface area contributed by atoms with Gasteiger partial charge in [-0.1, -0.05) is 30.9 Å². The smallest absolute Gasteiger partial charge is 0.271 e. The third kappa shape index (κ3) is 5.19. The lowest BCUT2D eigenvalue weighted by Crippen LogP contribution is -2.49. The van der Waals surface area contributed by atoms with Crippen molar-refractivity contribution in [3.63, 3.8) is 0 Å². The summed E-state index contributed by atoms with van der Waals surface area (Å²) in [4.78, 5) is 44.5. The minimum atomic E-state index is -0.796. The van der Waals surface area contributed by atoms with E-state index < -0.39 is 12.1 Å². The van der Waals surface area contributed by atoms with Crippen molar-refractivity contribution in [2.75, 3.05) is 20.2 Å². The number of methoxy groups -OCH3 is 1. The molecule has 0 unspecified atom stereocenters. The van der Waals surface area contributed by atoms with Crippen molar-refractivity contribution >= 4 is 40.2 Å². The number of carbonyl (C=O) groups excluding carboxylic acids is 3. The van der Waals surface area contributed by atoms with Crippen LogP contribution in [0.5, 0.6) is 5.75 Å². The number of fused-ring (bicyclic) bond motifs is 1. The Morgan fingerprint density at radius 1 is 1.26 bits per heavy atom. The number of nitriles is 1. The molecule has 1 aromatic carbocycles. The highest BCUT2D eigenvalue weighted by Gasteiger charge is 2.49. The number of piperidine rings is 1. The van der Waals surface area contributed by atoms with Crippen LogP contribution in [0.3, 0.4) is 0 Å². The molecule has 2 saturated heterocycles. The minimum Gasteiger partial charge on any atom is -0.497 e. The summed E-state index contributed by atoms with van der Waals surface area (Å²) >= 11 is 6.42. The molecular weight excluding hydrogens is 506 g/mol. The van der Waals surface area contributed by atoms with Crippen LogP contribution in [0.2, 0.25) is 5.02 Å². The summed E-state index contributed by atoms with van der Waals surface area (Å²) in [5.74, 6) is -0.376. The first kappa shape index (κ1) is 26.4. The summed E-state index contributed by atoms with van der Waals surface area (Å²) in [7, 11) is 1.56. The molecule has 0 bridgehead atoms. The fourth-order valence-electron chi connectivity index (χ4n) is 6.49. The van der Waals surface area contributed by atoms with Gasteiger partial charge in [0.15, 0.2) is 0 Å². The van der Waals surface area contributed by atoms with Gasteiger partial charge in [-0.25, -0.2) is 0 Å². The van der Waals surface area contributed by atoms with E-state index in [4.69, 9.17) is 16.3 Å². The molecule has 9 nitrogen and oxygen atoms in total. The van der Waals surface area contributed by atoms with Crippen LogP contribution in [0.25, 0.3) is 10.9 Å². The molecule has 1 aliphatic carbocycles. The van der Waals surface area contributed by atoms with Gasteiger partial charge < -0.3 is 25.3 Å². The van der Waals surface area contributed by atoms with E-state index in [0.717, 1.165) is 43.9 Å². The molecule has 3 fully saturated rings. The van der Waals surface area contributed by atoms with Crippen molar-refractivity contribution in [2.45, 2.75) is 69.9 Å². The van der Waals surface area contributed by atoms with Crippen LogP contribution in [0.4, 0.5) is 0 Å². The van der Waals surface area contributed by atoms with Gasteiger partial charge in [-0.15, -0.1) is 0 Å². The number of ether oxygens (including phenoxy) is 1. The van der Waals surface area contributed by atoms with Crippen molar-refractivity contribution < 1.29 is 19.1 Å². The lowest BCUT2D eigenvalue weighted by molar-refractivity contribution is -0.128. The summed E-state index contributed by atoms with van der Waals surface area (Å²) in [6, 6.07) is 5.91. The number of nitrogens with zero attached hydrogens (tertiary/aromatic N) is 2.